The first-order chi connectivity index (χ1) is 19.4. The van der Waals surface area contributed by atoms with E-state index >= 15 is 0 Å². The Labute approximate surface area is 236 Å². The van der Waals surface area contributed by atoms with Gasteiger partial charge in [-0.25, -0.2) is 4.98 Å². The van der Waals surface area contributed by atoms with Crippen molar-refractivity contribution in [2.75, 3.05) is 46.4 Å². The zero-order chi connectivity index (χ0) is 28.1. The van der Waals surface area contributed by atoms with Gasteiger partial charge in [0, 0.05) is 69.0 Å². The molecule has 4 heterocycles. The van der Waals surface area contributed by atoms with Crippen LogP contribution in [0.1, 0.15) is 68.0 Å². The predicted molar refractivity (Wildman–Crippen MR) is 148 cm³/mol. The van der Waals surface area contributed by atoms with Crippen LogP contribution in [0.5, 0.6) is 5.75 Å². The Morgan fingerprint density at radius 1 is 0.900 bits per heavy atom. The summed E-state index contributed by atoms with van der Waals surface area (Å²) >= 11 is 1.48. The third kappa shape index (κ3) is 6.25. The van der Waals surface area contributed by atoms with E-state index < -0.39 is 0 Å². The highest BCUT2D eigenvalue weighted by atomic mass is 32.1. The second kappa shape index (κ2) is 12.5. The highest BCUT2D eigenvalue weighted by Crippen LogP contribution is 2.31. The number of likely N-dealkylation sites (tertiary alicyclic amines) is 1. The van der Waals surface area contributed by atoms with E-state index in [0.29, 0.717) is 62.0 Å². The lowest BCUT2D eigenvalue weighted by molar-refractivity contribution is -0.132. The second-order valence-electron chi connectivity index (χ2n) is 9.94. The van der Waals surface area contributed by atoms with Gasteiger partial charge in [-0.15, -0.1) is 11.3 Å². The largest absolute Gasteiger partial charge is 0.497 e. The van der Waals surface area contributed by atoms with Gasteiger partial charge in [0.25, 0.3) is 11.8 Å². The summed E-state index contributed by atoms with van der Waals surface area (Å²) in [5.74, 6) is 0.822. The fourth-order valence-electron chi connectivity index (χ4n) is 5.08. The number of carbonyl (C=O) groups excluding carboxylic acids is 4. The fourth-order valence-corrected chi connectivity index (χ4v) is 6.04. The van der Waals surface area contributed by atoms with Gasteiger partial charge in [-0.2, -0.15) is 0 Å². The first-order valence-corrected chi connectivity index (χ1v) is 14.3. The average molecular weight is 565 g/mol. The maximum atomic E-state index is 13.1. The number of benzene rings is 1. The highest BCUT2D eigenvalue weighted by molar-refractivity contribution is 7.09. The van der Waals surface area contributed by atoms with Crippen molar-refractivity contribution in [3.05, 3.63) is 70.1 Å². The monoisotopic (exact) mass is 564 g/mol. The van der Waals surface area contributed by atoms with E-state index in [4.69, 9.17) is 9.15 Å². The van der Waals surface area contributed by atoms with Crippen LogP contribution in [0.4, 0.5) is 0 Å². The molecule has 10 nitrogen and oxygen atoms in total. The summed E-state index contributed by atoms with van der Waals surface area (Å²) in [6.45, 7) is 2.99. The van der Waals surface area contributed by atoms with E-state index in [9.17, 15) is 19.2 Å². The van der Waals surface area contributed by atoms with Crippen molar-refractivity contribution in [3.8, 4) is 5.75 Å². The van der Waals surface area contributed by atoms with Crippen molar-refractivity contribution in [1.82, 2.24) is 19.7 Å². The summed E-state index contributed by atoms with van der Waals surface area (Å²) in [5.41, 5.74) is 1.01. The molecule has 2 fully saturated rings. The lowest BCUT2D eigenvalue weighted by Gasteiger charge is -2.34. The van der Waals surface area contributed by atoms with Crippen molar-refractivity contribution in [3.63, 3.8) is 0 Å². The Kier molecular flexibility index (Phi) is 8.59. The number of ketones is 1. The number of hydrogen-bond acceptors (Lipinski definition) is 8. The van der Waals surface area contributed by atoms with E-state index in [1.807, 2.05) is 4.90 Å². The number of ether oxygens (including phenoxy) is 1. The minimum atomic E-state index is -0.165. The molecule has 2 aromatic heterocycles. The van der Waals surface area contributed by atoms with E-state index in [0.717, 1.165) is 17.8 Å². The quantitative estimate of drug-likeness (QED) is 0.383. The normalized spacial score (nSPS) is 16.2. The summed E-state index contributed by atoms with van der Waals surface area (Å²) in [7, 11) is 1.57. The minimum Gasteiger partial charge on any atom is -0.497 e. The molecule has 2 saturated heterocycles. The van der Waals surface area contributed by atoms with E-state index in [-0.39, 0.29) is 42.3 Å². The van der Waals surface area contributed by atoms with Crippen LogP contribution >= 0.6 is 11.3 Å². The number of piperidine rings is 1. The van der Waals surface area contributed by atoms with Crippen molar-refractivity contribution >= 4 is 34.8 Å². The summed E-state index contributed by atoms with van der Waals surface area (Å²) in [5, 5.41) is 2.72. The van der Waals surface area contributed by atoms with Crippen LogP contribution in [0.2, 0.25) is 0 Å². The van der Waals surface area contributed by atoms with Crippen LogP contribution in [0.3, 0.4) is 0 Å². The van der Waals surface area contributed by atoms with Gasteiger partial charge in [0.1, 0.15) is 11.4 Å². The highest BCUT2D eigenvalue weighted by Gasteiger charge is 2.30. The number of hydrogen-bond donors (Lipinski definition) is 0. The zero-order valence-corrected chi connectivity index (χ0v) is 23.2. The lowest BCUT2D eigenvalue weighted by atomic mass is 9.97. The number of piperazine rings is 1. The zero-order valence-electron chi connectivity index (χ0n) is 22.4. The summed E-state index contributed by atoms with van der Waals surface area (Å²) in [6.07, 6.45) is 3.38. The van der Waals surface area contributed by atoms with E-state index in [1.165, 1.54) is 17.6 Å². The second-order valence-corrected chi connectivity index (χ2v) is 10.8. The first kappa shape index (κ1) is 27.6. The number of thiazole rings is 1. The van der Waals surface area contributed by atoms with Crippen molar-refractivity contribution in [2.45, 2.75) is 31.6 Å². The third-order valence-electron chi connectivity index (χ3n) is 7.50. The summed E-state index contributed by atoms with van der Waals surface area (Å²) in [4.78, 5) is 60.6. The first-order valence-electron chi connectivity index (χ1n) is 13.5. The molecule has 0 atom stereocenters. The van der Waals surface area contributed by atoms with Gasteiger partial charge in [0.2, 0.25) is 5.91 Å². The fraction of sp³-hybridized carbons (Fsp3) is 0.414. The molecule has 5 rings (SSSR count). The number of carbonyl (C=O) groups is 4. The molecule has 3 amide bonds. The molecule has 0 N–H and O–H groups in total. The Morgan fingerprint density at radius 3 is 2.20 bits per heavy atom. The van der Waals surface area contributed by atoms with Crippen molar-refractivity contribution in [1.29, 1.82) is 0 Å². The van der Waals surface area contributed by atoms with Crippen LogP contribution < -0.4 is 4.74 Å². The Bertz CT molecular complexity index is 1340. The molecule has 210 valence electrons. The number of methoxy groups -OCH3 is 1. The van der Waals surface area contributed by atoms with Crippen LogP contribution in [0.15, 0.2) is 52.5 Å². The molecule has 0 spiro atoms. The molecule has 2 aliphatic rings. The third-order valence-corrected chi connectivity index (χ3v) is 8.51. The number of nitrogens with zero attached hydrogens (tertiary/aromatic N) is 4. The standard InChI is InChI=1S/C29H32N4O6S/c1-38-22-6-4-20(5-7-22)24(34)8-9-26(35)31-12-10-21(11-13-31)27-30-23(19-40-27)28(36)32-14-16-33(17-15-32)29(37)25-3-2-18-39-25/h2-7,18-19,21H,8-17H2,1H3. The topological polar surface area (TPSA) is 113 Å². The van der Waals surface area contributed by atoms with Gasteiger partial charge >= 0.3 is 0 Å². The summed E-state index contributed by atoms with van der Waals surface area (Å²) in [6, 6.07) is 10.2. The number of rotatable bonds is 8. The van der Waals surface area contributed by atoms with E-state index in [1.54, 1.807) is 58.7 Å². The predicted octanol–water partition coefficient (Wildman–Crippen LogP) is 3.71. The number of Topliss-reactive ketones (excluding diaryl/α,β-unsaturated/α-hetero) is 1. The Morgan fingerprint density at radius 2 is 1.57 bits per heavy atom. The van der Waals surface area contributed by atoms with Crippen LogP contribution in [0.25, 0.3) is 0 Å². The molecule has 0 saturated carbocycles. The molecule has 0 radical (unpaired) electrons. The maximum absolute atomic E-state index is 13.1. The number of amides is 3. The number of furan rings is 1. The van der Waals surface area contributed by atoms with Gasteiger partial charge < -0.3 is 23.9 Å². The van der Waals surface area contributed by atoms with Gasteiger partial charge in [0.15, 0.2) is 11.5 Å². The lowest BCUT2D eigenvalue weighted by Crippen LogP contribution is -2.50. The summed E-state index contributed by atoms with van der Waals surface area (Å²) < 4.78 is 10.3. The molecule has 0 bridgehead atoms. The van der Waals surface area contributed by atoms with Gasteiger partial charge in [-0.3, -0.25) is 19.2 Å². The molecular weight excluding hydrogens is 532 g/mol. The molecule has 2 aliphatic heterocycles. The molecule has 0 unspecified atom stereocenters. The average Bonchev–Trinajstić information content (AvgIpc) is 3.73. The van der Waals surface area contributed by atoms with Crippen molar-refractivity contribution < 1.29 is 28.3 Å². The van der Waals surface area contributed by atoms with Gasteiger partial charge in [0.05, 0.1) is 18.4 Å². The molecule has 0 aliphatic carbocycles. The SMILES string of the molecule is COc1ccc(C(=O)CCC(=O)N2CCC(c3nc(C(=O)N4CCN(C(=O)c5ccco5)CC4)cs3)CC2)cc1. The van der Waals surface area contributed by atoms with Crippen LogP contribution in [0, 0.1) is 0 Å². The molecule has 1 aromatic carbocycles. The van der Waals surface area contributed by atoms with Crippen molar-refractivity contribution in [2.24, 2.45) is 0 Å². The molecule has 11 heteroatoms. The van der Waals surface area contributed by atoms with Gasteiger partial charge in [-0.05, 0) is 49.2 Å². The van der Waals surface area contributed by atoms with Gasteiger partial charge in [-0.1, -0.05) is 0 Å². The maximum Gasteiger partial charge on any atom is 0.289 e. The Balaban J connectivity index is 1.06. The molecule has 3 aromatic rings. The Hall–Kier alpha value is -3.99. The number of aromatic nitrogens is 1. The smallest absolute Gasteiger partial charge is 0.289 e. The van der Waals surface area contributed by atoms with Crippen LogP contribution in [-0.4, -0.2) is 89.6 Å². The van der Waals surface area contributed by atoms with Crippen LogP contribution in [-0.2, 0) is 4.79 Å². The molecular formula is C29H32N4O6S. The molecule has 40 heavy (non-hydrogen) atoms. The minimum absolute atomic E-state index is 0.0139. The van der Waals surface area contributed by atoms with E-state index in [2.05, 4.69) is 4.98 Å².